The van der Waals surface area contributed by atoms with Crippen LogP contribution in [0.15, 0.2) is 42.9 Å². The molecule has 0 radical (unpaired) electrons. The minimum Gasteiger partial charge on any atom is -0.472 e. The lowest BCUT2D eigenvalue weighted by molar-refractivity contribution is -0.113. The van der Waals surface area contributed by atoms with Gasteiger partial charge in [0.15, 0.2) is 0 Å². The molecule has 0 aliphatic heterocycles. The first-order chi connectivity index (χ1) is 11.1. The summed E-state index contributed by atoms with van der Waals surface area (Å²) in [5.41, 5.74) is 7.03. The van der Waals surface area contributed by atoms with Gasteiger partial charge in [-0.15, -0.1) is 0 Å². The van der Waals surface area contributed by atoms with Gasteiger partial charge in [0.05, 0.1) is 5.39 Å². The average molecular weight is 312 g/mol. The highest BCUT2D eigenvalue weighted by Gasteiger charge is 2.11. The molecule has 0 saturated heterocycles. The van der Waals surface area contributed by atoms with Gasteiger partial charge in [-0.05, 0) is 23.8 Å². The van der Waals surface area contributed by atoms with E-state index in [1.54, 1.807) is 24.4 Å². The van der Waals surface area contributed by atoms with E-state index in [2.05, 4.69) is 15.0 Å². The molecule has 0 bridgehead atoms. The van der Waals surface area contributed by atoms with Gasteiger partial charge in [0.2, 0.25) is 11.8 Å². The Hall–Kier alpha value is -3.22. The van der Waals surface area contributed by atoms with Crippen LogP contribution in [-0.4, -0.2) is 20.9 Å². The van der Waals surface area contributed by atoms with Gasteiger partial charge in [0, 0.05) is 17.8 Å². The molecular formula is C16H13FN4O2. The number of nitrogens with two attached hydrogens (primary N) is 1. The van der Waals surface area contributed by atoms with Crippen molar-refractivity contribution in [2.75, 3.05) is 0 Å². The quantitative estimate of drug-likeness (QED) is 0.706. The summed E-state index contributed by atoms with van der Waals surface area (Å²) in [6.45, 7) is 0.161. The van der Waals surface area contributed by atoms with Crippen LogP contribution >= 0.6 is 0 Å². The summed E-state index contributed by atoms with van der Waals surface area (Å²) in [5, 5.41) is 0.626. The third kappa shape index (κ3) is 3.34. The first-order valence-electron chi connectivity index (χ1n) is 6.80. The largest absolute Gasteiger partial charge is 0.472 e. The molecule has 0 unspecified atom stereocenters. The fourth-order valence-corrected chi connectivity index (χ4v) is 2.15. The van der Waals surface area contributed by atoms with Gasteiger partial charge in [-0.25, -0.2) is 14.4 Å². The number of aromatic nitrogens is 3. The highest BCUT2D eigenvalue weighted by Crippen LogP contribution is 2.26. The van der Waals surface area contributed by atoms with E-state index in [0.29, 0.717) is 28.0 Å². The minimum absolute atomic E-state index is 0.161. The number of H-pyrrole nitrogens is 1. The predicted octanol–water partition coefficient (Wildman–Crippen LogP) is 2.17. The number of nitrogens with zero attached hydrogens (tertiary/aromatic N) is 2. The van der Waals surface area contributed by atoms with Crippen LogP contribution < -0.4 is 10.5 Å². The number of ether oxygens (including phenoxy) is 1. The molecule has 0 saturated carbocycles. The zero-order valence-corrected chi connectivity index (χ0v) is 12.0. The van der Waals surface area contributed by atoms with Crippen LogP contribution in [0, 0.1) is 5.82 Å². The second-order valence-electron chi connectivity index (χ2n) is 4.80. The van der Waals surface area contributed by atoms with E-state index in [9.17, 15) is 9.18 Å². The first kappa shape index (κ1) is 14.7. The van der Waals surface area contributed by atoms with Crippen LogP contribution in [0.25, 0.3) is 17.1 Å². The number of halogens is 1. The Bertz CT molecular complexity index is 889. The van der Waals surface area contributed by atoms with Gasteiger partial charge in [0.1, 0.15) is 24.4 Å². The van der Waals surface area contributed by atoms with Crippen molar-refractivity contribution in [1.82, 2.24) is 15.0 Å². The number of amides is 1. The number of hydrogen-bond acceptors (Lipinski definition) is 4. The maximum absolute atomic E-state index is 13.2. The first-order valence-corrected chi connectivity index (χ1v) is 6.80. The molecule has 2 aromatic heterocycles. The lowest BCUT2D eigenvalue weighted by atomic mass is 10.2. The second kappa shape index (κ2) is 6.27. The lowest BCUT2D eigenvalue weighted by Crippen LogP contribution is -2.05. The van der Waals surface area contributed by atoms with Crippen molar-refractivity contribution in [2.45, 2.75) is 6.61 Å². The van der Waals surface area contributed by atoms with Crippen molar-refractivity contribution in [3.05, 3.63) is 59.8 Å². The molecule has 7 heteroatoms. The monoisotopic (exact) mass is 312 g/mol. The standard InChI is InChI=1S/C16H13FN4O2/c17-12-3-1-2-10(6-12)8-23-16-14-11(4-5-13(18)22)7-19-15(14)20-9-21-16/h1-7,9H,8H2,(H2,18,22)(H,19,20,21)/b5-4+. The summed E-state index contributed by atoms with van der Waals surface area (Å²) in [6.07, 6.45) is 5.83. The Balaban J connectivity index is 1.91. The number of aromatic amines is 1. The number of fused-ring (bicyclic) bond motifs is 1. The fraction of sp³-hybridized carbons (Fsp3) is 0.0625. The van der Waals surface area contributed by atoms with Crippen molar-refractivity contribution in [3.8, 4) is 5.88 Å². The van der Waals surface area contributed by atoms with Gasteiger partial charge in [-0.2, -0.15) is 0 Å². The van der Waals surface area contributed by atoms with E-state index < -0.39 is 5.91 Å². The van der Waals surface area contributed by atoms with Crippen molar-refractivity contribution >= 4 is 23.0 Å². The summed E-state index contributed by atoms with van der Waals surface area (Å²) in [5.74, 6) is -0.547. The third-order valence-electron chi connectivity index (χ3n) is 3.16. The number of nitrogens with one attached hydrogen (secondary N) is 1. The summed E-state index contributed by atoms with van der Waals surface area (Å²) in [4.78, 5) is 22.1. The molecule has 1 aromatic carbocycles. The van der Waals surface area contributed by atoms with E-state index in [0.717, 1.165) is 0 Å². The van der Waals surface area contributed by atoms with Gasteiger partial charge >= 0.3 is 0 Å². The number of carbonyl (C=O) groups excluding carboxylic acids is 1. The van der Waals surface area contributed by atoms with Crippen molar-refractivity contribution in [1.29, 1.82) is 0 Å². The molecule has 3 N–H and O–H groups in total. The SMILES string of the molecule is NC(=O)/C=C/c1c[nH]c2ncnc(OCc3cccc(F)c3)c12. The number of hydrogen-bond donors (Lipinski definition) is 2. The molecule has 3 rings (SSSR count). The predicted molar refractivity (Wildman–Crippen MR) is 82.8 cm³/mol. The third-order valence-corrected chi connectivity index (χ3v) is 3.16. The molecule has 6 nitrogen and oxygen atoms in total. The van der Waals surface area contributed by atoms with Crippen molar-refractivity contribution in [2.24, 2.45) is 5.73 Å². The maximum atomic E-state index is 13.2. The molecule has 2 heterocycles. The van der Waals surface area contributed by atoms with Crippen LogP contribution in [0.5, 0.6) is 5.88 Å². The molecule has 0 aliphatic carbocycles. The summed E-state index contributed by atoms with van der Waals surface area (Å²) in [6, 6.07) is 6.13. The van der Waals surface area contributed by atoms with Gasteiger partial charge < -0.3 is 15.5 Å². The Morgan fingerprint density at radius 2 is 2.26 bits per heavy atom. The number of benzene rings is 1. The van der Waals surface area contributed by atoms with Crippen LogP contribution in [-0.2, 0) is 11.4 Å². The molecule has 1 amide bonds. The van der Waals surface area contributed by atoms with Crippen LogP contribution in [0.4, 0.5) is 4.39 Å². The normalized spacial score (nSPS) is 11.2. The number of carbonyl (C=O) groups is 1. The van der Waals surface area contributed by atoms with E-state index in [1.165, 1.54) is 24.5 Å². The smallest absolute Gasteiger partial charge is 0.241 e. The Morgan fingerprint density at radius 1 is 1.39 bits per heavy atom. The maximum Gasteiger partial charge on any atom is 0.241 e. The van der Waals surface area contributed by atoms with E-state index >= 15 is 0 Å². The van der Waals surface area contributed by atoms with Gasteiger partial charge in [0.25, 0.3) is 0 Å². The summed E-state index contributed by atoms with van der Waals surface area (Å²) < 4.78 is 18.9. The van der Waals surface area contributed by atoms with Crippen LogP contribution in [0.1, 0.15) is 11.1 Å². The van der Waals surface area contributed by atoms with Crippen LogP contribution in [0.2, 0.25) is 0 Å². The Kier molecular flexibility index (Phi) is 4.01. The Morgan fingerprint density at radius 3 is 3.04 bits per heavy atom. The molecule has 116 valence electrons. The molecule has 3 aromatic rings. The van der Waals surface area contributed by atoms with E-state index in [1.807, 2.05) is 0 Å². The highest BCUT2D eigenvalue weighted by molar-refractivity contribution is 5.96. The molecule has 0 atom stereocenters. The van der Waals surface area contributed by atoms with Gasteiger partial charge in [-0.1, -0.05) is 12.1 Å². The Labute approximate surface area is 130 Å². The second-order valence-corrected chi connectivity index (χ2v) is 4.80. The lowest BCUT2D eigenvalue weighted by Gasteiger charge is -2.07. The molecule has 23 heavy (non-hydrogen) atoms. The number of primary amides is 1. The molecule has 0 fully saturated rings. The van der Waals surface area contributed by atoms with Crippen LogP contribution in [0.3, 0.4) is 0 Å². The number of rotatable bonds is 5. The minimum atomic E-state index is -0.557. The topological polar surface area (TPSA) is 93.9 Å². The average Bonchev–Trinajstić information content (AvgIpc) is 2.95. The van der Waals surface area contributed by atoms with Gasteiger partial charge in [-0.3, -0.25) is 4.79 Å². The summed E-state index contributed by atoms with van der Waals surface area (Å²) >= 11 is 0. The zero-order valence-electron chi connectivity index (χ0n) is 12.0. The highest BCUT2D eigenvalue weighted by atomic mass is 19.1. The van der Waals surface area contributed by atoms with Crippen molar-refractivity contribution < 1.29 is 13.9 Å². The molecule has 0 spiro atoms. The van der Waals surface area contributed by atoms with E-state index in [4.69, 9.17) is 10.5 Å². The van der Waals surface area contributed by atoms with Crippen molar-refractivity contribution in [3.63, 3.8) is 0 Å². The van der Waals surface area contributed by atoms with E-state index in [-0.39, 0.29) is 12.4 Å². The fourth-order valence-electron chi connectivity index (χ4n) is 2.15. The molecule has 0 aliphatic rings. The zero-order chi connectivity index (χ0) is 16.2. The summed E-state index contributed by atoms with van der Waals surface area (Å²) in [7, 11) is 0. The molecular weight excluding hydrogens is 299 g/mol.